The van der Waals surface area contributed by atoms with Crippen LogP contribution in [0.15, 0.2) is 13.6 Å². The molecule has 0 amide bonds. The Morgan fingerprint density at radius 1 is 1.21 bits per heavy atom. The lowest BCUT2D eigenvalue weighted by Crippen LogP contribution is -2.13. The lowest BCUT2D eigenvalue weighted by molar-refractivity contribution is 0.342. The highest BCUT2D eigenvalue weighted by molar-refractivity contribution is 5.13. The molecule has 1 aromatic heterocycles. The molecule has 0 N–H and O–H groups in total. The van der Waals surface area contributed by atoms with Crippen LogP contribution in [-0.2, 0) is 11.8 Å². The summed E-state index contributed by atoms with van der Waals surface area (Å²) in [6, 6.07) is 0. The van der Waals surface area contributed by atoms with Crippen LogP contribution in [0, 0.1) is 5.92 Å². The van der Waals surface area contributed by atoms with Crippen LogP contribution in [0.4, 0.5) is 0 Å². The first-order valence-electron chi connectivity index (χ1n) is 4.94. The molecule has 1 aromatic rings. The fourth-order valence-electron chi connectivity index (χ4n) is 1.38. The third-order valence-corrected chi connectivity index (χ3v) is 1.92. The molecule has 0 unspecified atom stereocenters. The molecule has 3 heteroatoms. The average Bonchev–Trinajstić information content (AvgIpc) is 2.28. The van der Waals surface area contributed by atoms with Crippen molar-refractivity contribution in [3.8, 4) is 0 Å². The van der Waals surface area contributed by atoms with Gasteiger partial charge in [0.05, 0.1) is 0 Å². The van der Waals surface area contributed by atoms with E-state index in [0.29, 0.717) is 17.4 Å². The topological polar surface area (TPSA) is 43.4 Å². The maximum Gasteiger partial charge on any atom is 0.519 e. The molecule has 0 aromatic carbocycles. The quantitative estimate of drug-likeness (QED) is 0.733. The minimum absolute atomic E-state index is 0.170. The van der Waals surface area contributed by atoms with Gasteiger partial charge in [0.1, 0.15) is 0 Å². The van der Waals surface area contributed by atoms with E-state index in [4.69, 9.17) is 8.83 Å². The van der Waals surface area contributed by atoms with Crippen LogP contribution in [-0.4, -0.2) is 0 Å². The van der Waals surface area contributed by atoms with Crippen molar-refractivity contribution in [3.63, 3.8) is 0 Å². The molecule has 1 rings (SSSR count). The van der Waals surface area contributed by atoms with Gasteiger partial charge in [0.2, 0.25) is 0 Å². The fraction of sp³-hybridized carbons (Fsp3) is 0.727. The van der Waals surface area contributed by atoms with Crippen molar-refractivity contribution in [1.29, 1.82) is 0 Å². The summed E-state index contributed by atoms with van der Waals surface area (Å²) in [4.78, 5) is 11.0. The van der Waals surface area contributed by atoms with E-state index >= 15 is 0 Å². The molecule has 0 aliphatic heterocycles. The van der Waals surface area contributed by atoms with Gasteiger partial charge in [-0.25, -0.2) is 4.79 Å². The summed E-state index contributed by atoms with van der Waals surface area (Å²) in [6.07, 6.45) is 0.748. The monoisotopic (exact) mass is 198 g/mol. The zero-order chi connectivity index (χ0) is 10.9. The summed E-state index contributed by atoms with van der Waals surface area (Å²) in [5.74, 6) is 1.23. The Morgan fingerprint density at radius 3 is 2.21 bits per heavy atom. The highest BCUT2D eigenvalue weighted by Crippen LogP contribution is 2.26. The minimum atomic E-state index is -0.592. The van der Waals surface area contributed by atoms with Crippen LogP contribution in [0.3, 0.4) is 0 Å². The third-order valence-electron chi connectivity index (χ3n) is 1.92. The molecule has 0 fully saturated rings. The summed E-state index contributed by atoms with van der Waals surface area (Å²) in [5.41, 5.74) is -0.170. The van der Waals surface area contributed by atoms with E-state index in [2.05, 4.69) is 13.8 Å². The molecule has 0 aliphatic carbocycles. The molecule has 1 heterocycles. The van der Waals surface area contributed by atoms with Gasteiger partial charge in [-0.05, 0) is 5.92 Å². The van der Waals surface area contributed by atoms with E-state index in [9.17, 15) is 4.79 Å². The Kier molecular flexibility index (Phi) is 2.88. The standard InChI is InChI=1S/C11H18O3/c1-7(2)6-8-9(11(3,4)5)14-10(12)13-8/h7H,6H2,1-5H3. The molecule has 0 radical (unpaired) electrons. The summed E-state index contributed by atoms with van der Waals surface area (Å²) < 4.78 is 10.1. The Hall–Kier alpha value is -0.990. The van der Waals surface area contributed by atoms with Gasteiger partial charge in [-0.3, -0.25) is 0 Å². The van der Waals surface area contributed by atoms with Gasteiger partial charge in [-0.15, -0.1) is 0 Å². The molecule has 0 bridgehead atoms. The Balaban J connectivity index is 3.10. The first kappa shape index (κ1) is 11.1. The lowest BCUT2D eigenvalue weighted by Gasteiger charge is -2.15. The Bertz CT molecular complexity index is 349. The van der Waals surface area contributed by atoms with E-state index < -0.39 is 5.82 Å². The Morgan fingerprint density at radius 2 is 1.79 bits per heavy atom. The third kappa shape index (κ3) is 2.50. The zero-order valence-corrected chi connectivity index (χ0v) is 9.51. The van der Waals surface area contributed by atoms with E-state index in [0.717, 1.165) is 6.42 Å². The van der Waals surface area contributed by atoms with E-state index in [1.54, 1.807) is 0 Å². The molecule has 0 atom stereocenters. The Labute approximate surface area is 84.1 Å². The maximum absolute atomic E-state index is 11.0. The van der Waals surface area contributed by atoms with Crippen molar-refractivity contribution in [1.82, 2.24) is 0 Å². The SMILES string of the molecule is CC(C)Cc1oc(=O)oc1C(C)(C)C. The predicted octanol–water partition coefficient (Wildman–Crippen LogP) is 2.73. The summed E-state index contributed by atoms with van der Waals surface area (Å²) in [7, 11) is 0. The second-order valence-electron chi connectivity index (χ2n) is 5.05. The van der Waals surface area contributed by atoms with Gasteiger partial charge >= 0.3 is 5.82 Å². The van der Waals surface area contributed by atoms with E-state index in [-0.39, 0.29) is 5.41 Å². The van der Waals surface area contributed by atoms with Crippen molar-refractivity contribution in [2.75, 3.05) is 0 Å². The lowest BCUT2D eigenvalue weighted by atomic mass is 9.90. The second kappa shape index (κ2) is 3.64. The molecule has 0 spiro atoms. The van der Waals surface area contributed by atoms with Gasteiger partial charge in [-0.1, -0.05) is 34.6 Å². The minimum Gasteiger partial charge on any atom is -0.396 e. The van der Waals surface area contributed by atoms with Crippen LogP contribution >= 0.6 is 0 Å². The van der Waals surface area contributed by atoms with Crippen molar-refractivity contribution < 1.29 is 8.83 Å². The second-order valence-corrected chi connectivity index (χ2v) is 5.05. The molecule has 0 saturated carbocycles. The number of hydrogen-bond acceptors (Lipinski definition) is 3. The van der Waals surface area contributed by atoms with Gasteiger partial charge in [0, 0.05) is 11.8 Å². The highest BCUT2D eigenvalue weighted by Gasteiger charge is 2.25. The van der Waals surface area contributed by atoms with Crippen LogP contribution in [0.5, 0.6) is 0 Å². The van der Waals surface area contributed by atoms with Gasteiger partial charge < -0.3 is 8.83 Å². The van der Waals surface area contributed by atoms with Crippen molar-refractivity contribution in [2.24, 2.45) is 5.92 Å². The molecular weight excluding hydrogens is 180 g/mol. The summed E-state index contributed by atoms with van der Waals surface area (Å²) >= 11 is 0. The number of hydrogen-bond donors (Lipinski definition) is 0. The summed E-state index contributed by atoms with van der Waals surface area (Å²) in [5, 5.41) is 0. The van der Waals surface area contributed by atoms with Crippen molar-refractivity contribution >= 4 is 0 Å². The first-order chi connectivity index (χ1) is 6.30. The van der Waals surface area contributed by atoms with Crippen LogP contribution in [0.25, 0.3) is 0 Å². The summed E-state index contributed by atoms with van der Waals surface area (Å²) in [6.45, 7) is 10.2. The molecule has 0 aliphatic rings. The van der Waals surface area contributed by atoms with Crippen molar-refractivity contribution in [3.05, 3.63) is 22.1 Å². The van der Waals surface area contributed by atoms with Gasteiger partial charge in [-0.2, -0.15) is 0 Å². The highest BCUT2D eigenvalue weighted by atomic mass is 16.6. The molecule has 14 heavy (non-hydrogen) atoms. The molecule has 3 nitrogen and oxygen atoms in total. The van der Waals surface area contributed by atoms with Crippen molar-refractivity contribution in [2.45, 2.75) is 46.5 Å². The normalized spacial score (nSPS) is 12.4. The molecule has 0 saturated heterocycles. The predicted molar refractivity (Wildman–Crippen MR) is 54.5 cm³/mol. The molecule has 80 valence electrons. The van der Waals surface area contributed by atoms with Crippen LogP contribution < -0.4 is 5.82 Å². The van der Waals surface area contributed by atoms with Crippen LogP contribution in [0.2, 0.25) is 0 Å². The fourth-order valence-corrected chi connectivity index (χ4v) is 1.38. The number of rotatable bonds is 2. The first-order valence-corrected chi connectivity index (χ1v) is 4.94. The molecular formula is C11H18O3. The average molecular weight is 198 g/mol. The van der Waals surface area contributed by atoms with E-state index in [1.807, 2.05) is 20.8 Å². The largest absolute Gasteiger partial charge is 0.519 e. The van der Waals surface area contributed by atoms with Crippen LogP contribution in [0.1, 0.15) is 46.1 Å². The maximum atomic E-state index is 11.0. The van der Waals surface area contributed by atoms with Gasteiger partial charge in [0.15, 0.2) is 11.5 Å². The van der Waals surface area contributed by atoms with E-state index in [1.165, 1.54) is 0 Å². The van der Waals surface area contributed by atoms with Gasteiger partial charge in [0.25, 0.3) is 0 Å². The zero-order valence-electron chi connectivity index (χ0n) is 9.51. The smallest absolute Gasteiger partial charge is 0.396 e.